The highest BCUT2D eigenvalue weighted by atomic mass is 32.1. The van der Waals surface area contributed by atoms with E-state index in [9.17, 15) is 4.79 Å². The molecular weight excluding hydrogens is 430 g/mol. The van der Waals surface area contributed by atoms with Gasteiger partial charge in [-0.05, 0) is 60.4 Å². The number of thiophene rings is 2. The Hall–Kier alpha value is -3.10. The van der Waals surface area contributed by atoms with E-state index in [0.29, 0.717) is 27.8 Å². The van der Waals surface area contributed by atoms with E-state index in [2.05, 4.69) is 16.8 Å². The Bertz CT molecular complexity index is 1330. The summed E-state index contributed by atoms with van der Waals surface area (Å²) in [6.07, 6.45) is 4.25. The number of hydrogen-bond acceptors (Lipinski definition) is 7. The first-order valence-corrected chi connectivity index (χ1v) is 11.9. The third kappa shape index (κ3) is 3.05. The van der Waals surface area contributed by atoms with E-state index in [1.807, 2.05) is 6.07 Å². The maximum Gasteiger partial charge on any atom is 0.267 e. The van der Waals surface area contributed by atoms with Gasteiger partial charge in [-0.25, -0.2) is 4.98 Å². The van der Waals surface area contributed by atoms with Gasteiger partial charge in [0, 0.05) is 17.1 Å². The second-order valence-electron chi connectivity index (χ2n) is 7.65. The number of anilines is 2. The van der Waals surface area contributed by atoms with E-state index < -0.39 is 0 Å². The number of ether oxygens (including phenoxy) is 2. The van der Waals surface area contributed by atoms with E-state index in [0.717, 1.165) is 41.6 Å². The maximum absolute atomic E-state index is 13.1. The van der Waals surface area contributed by atoms with E-state index in [1.54, 1.807) is 29.5 Å². The van der Waals surface area contributed by atoms with E-state index >= 15 is 0 Å². The van der Waals surface area contributed by atoms with Gasteiger partial charge in [0.05, 0.1) is 16.3 Å². The number of nitrogen functional groups attached to an aromatic ring is 1. The number of rotatable bonds is 3. The van der Waals surface area contributed by atoms with Crippen LogP contribution in [0.4, 0.5) is 11.4 Å². The largest absolute Gasteiger partial charge is 0.454 e. The summed E-state index contributed by atoms with van der Waals surface area (Å²) in [4.78, 5) is 20.6. The molecule has 6 rings (SSSR count). The molecule has 1 aliphatic heterocycles. The highest BCUT2D eigenvalue weighted by Gasteiger charge is 2.26. The zero-order valence-corrected chi connectivity index (χ0v) is 18.2. The lowest BCUT2D eigenvalue weighted by Gasteiger charge is -2.19. The number of aryl methyl sites for hydroxylation is 1. The zero-order valence-electron chi connectivity index (χ0n) is 16.6. The Kier molecular flexibility index (Phi) is 4.36. The lowest BCUT2D eigenvalue weighted by molar-refractivity contribution is 0.103. The predicted molar refractivity (Wildman–Crippen MR) is 125 cm³/mol. The van der Waals surface area contributed by atoms with Crippen molar-refractivity contribution in [3.63, 3.8) is 0 Å². The molecule has 4 aromatic rings. The molecule has 156 valence electrons. The van der Waals surface area contributed by atoms with Gasteiger partial charge in [0.1, 0.15) is 9.71 Å². The van der Waals surface area contributed by atoms with Gasteiger partial charge in [-0.3, -0.25) is 4.79 Å². The van der Waals surface area contributed by atoms with Gasteiger partial charge < -0.3 is 20.5 Å². The molecule has 8 heteroatoms. The molecule has 31 heavy (non-hydrogen) atoms. The molecule has 0 unspecified atom stereocenters. The fourth-order valence-corrected chi connectivity index (χ4v) is 6.12. The van der Waals surface area contributed by atoms with Crippen LogP contribution in [0.3, 0.4) is 0 Å². The molecule has 0 radical (unpaired) electrons. The second-order valence-corrected chi connectivity index (χ2v) is 9.60. The standard InChI is InChI=1S/C23H19N3O3S2/c24-19-18-13-4-1-2-5-14(13)20(17-6-3-9-30-17)26-23(18)31-21(19)22(27)25-12-7-8-15-16(10-12)29-11-28-15/h3,6-10H,1-2,4-5,11,24H2,(H,25,27). The van der Waals surface area contributed by atoms with Crippen molar-refractivity contribution < 1.29 is 14.3 Å². The minimum atomic E-state index is -0.235. The fraction of sp³-hybridized carbons (Fsp3) is 0.217. The van der Waals surface area contributed by atoms with E-state index in [-0.39, 0.29) is 12.7 Å². The summed E-state index contributed by atoms with van der Waals surface area (Å²) in [5.74, 6) is 1.07. The van der Waals surface area contributed by atoms with Crippen molar-refractivity contribution in [2.45, 2.75) is 25.7 Å². The number of fused-ring (bicyclic) bond motifs is 4. The molecule has 0 saturated carbocycles. The second kappa shape index (κ2) is 7.25. The molecule has 1 aliphatic carbocycles. The number of amides is 1. The summed E-state index contributed by atoms with van der Waals surface area (Å²) in [6.45, 7) is 0.194. The number of carbonyl (C=O) groups is 1. The summed E-state index contributed by atoms with van der Waals surface area (Å²) in [5.41, 5.74) is 11.3. The number of hydrogen-bond donors (Lipinski definition) is 2. The quantitative estimate of drug-likeness (QED) is 0.433. The number of benzene rings is 1. The van der Waals surface area contributed by atoms with Crippen LogP contribution in [0.25, 0.3) is 20.8 Å². The number of nitrogens with zero attached hydrogens (tertiary/aromatic N) is 1. The van der Waals surface area contributed by atoms with Crippen LogP contribution in [0.15, 0.2) is 35.7 Å². The molecule has 0 bridgehead atoms. The van der Waals surface area contributed by atoms with Gasteiger partial charge in [0.25, 0.3) is 5.91 Å². The number of nitrogens with one attached hydrogen (secondary N) is 1. The van der Waals surface area contributed by atoms with Gasteiger partial charge in [0.2, 0.25) is 6.79 Å². The zero-order chi connectivity index (χ0) is 20.9. The van der Waals surface area contributed by atoms with Crippen LogP contribution in [0.2, 0.25) is 0 Å². The van der Waals surface area contributed by atoms with Crippen molar-refractivity contribution in [1.29, 1.82) is 0 Å². The number of pyridine rings is 1. The average molecular weight is 450 g/mol. The smallest absolute Gasteiger partial charge is 0.267 e. The Balaban J connectivity index is 1.43. The van der Waals surface area contributed by atoms with Crippen molar-refractivity contribution in [3.8, 4) is 22.1 Å². The molecule has 3 aromatic heterocycles. The first-order valence-electron chi connectivity index (χ1n) is 10.2. The van der Waals surface area contributed by atoms with Crippen LogP contribution >= 0.6 is 22.7 Å². The first-order chi connectivity index (χ1) is 15.2. The predicted octanol–water partition coefficient (Wildman–Crippen LogP) is 5.47. The fourth-order valence-electron chi connectivity index (χ4n) is 4.36. The van der Waals surface area contributed by atoms with Gasteiger partial charge in [0.15, 0.2) is 11.5 Å². The Morgan fingerprint density at radius 3 is 2.77 bits per heavy atom. The lowest BCUT2D eigenvalue weighted by Crippen LogP contribution is -2.12. The van der Waals surface area contributed by atoms with Crippen LogP contribution in [-0.2, 0) is 12.8 Å². The Labute approximate surface area is 186 Å². The summed E-state index contributed by atoms with van der Waals surface area (Å²) < 4.78 is 10.7. The molecule has 0 fully saturated rings. The molecule has 4 heterocycles. The molecule has 3 N–H and O–H groups in total. The molecule has 6 nitrogen and oxygen atoms in total. The van der Waals surface area contributed by atoms with Gasteiger partial charge in [-0.2, -0.15) is 0 Å². The van der Waals surface area contributed by atoms with Gasteiger partial charge in [-0.1, -0.05) is 6.07 Å². The van der Waals surface area contributed by atoms with Gasteiger partial charge >= 0.3 is 0 Å². The molecular formula is C23H19N3O3S2. The van der Waals surface area contributed by atoms with Crippen LogP contribution in [-0.4, -0.2) is 17.7 Å². The van der Waals surface area contributed by atoms with Crippen LogP contribution in [0, 0.1) is 0 Å². The number of carbonyl (C=O) groups excluding carboxylic acids is 1. The molecule has 2 aliphatic rings. The molecule has 1 aromatic carbocycles. The van der Waals surface area contributed by atoms with Gasteiger partial charge in [-0.15, -0.1) is 22.7 Å². The monoisotopic (exact) mass is 449 g/mol. The van der Waals surface area contributed by atoms with Crippen molar-refractivity contribution in [2.75, 3.05) is 17.8 Å². The SMILES string of the molecule is Nc1c(C(=O)Nc2ccc3c(c2)OCO3)sc2nc(-c3cccs3)c3c(c12)CCCC3. The number of aromatic nitrogens is 1. The third-order valence-electron chi connectivity index (χ3n) is 5.79. The maximum atomic E-state index is 13.1. The molecule has 0 spiro atoms. The van der Waals surface area contributed by atoms with Crippen LogP contribution < -0.4 is 20.5 Å². The lowest BCUT2D eigenvalue weighted by atomic mass is 9.88. The Morgan fingerprint density at radius 1 is 1.10 bits per heavy atom. The average Bonchev–Trinajstić information content (AvgIpc) is 3.53. The van der Waals surface area contributed by atoms with E-state index in [1.165, 1.54) is 27.3 Å². The van der Waals surface area contributed by atoms with E-state index in [4.69, 9.17) is 20.2 Å². The summed E-state index contributed by atoms with van der Waals surface area (Å²) >= 11 is 3.06. The van der Waals surface area contributed by atoms with Crippen molar-refractivity contribution in [3.05, 3.63) is 51.7 Å². The van der Waals surface area contributed by atoms with Crippen molar-refractivity contribution in [1.82, 2.24) is 4.98 Å². The van der Waals surface area contributed by atoms with Crippen LogP contribution in [0.1, 0.15) is 33.6 Å². The van der Waals surface area contributed by atoms with Crippen molar-refractivity contribution >= 4 is 50.2 Å². The highest BCUT2D eigenvalue weighted by Crippen LogP contribution is 2.43. The van der Waals surface area contributed by atoms with Crippen molar-refractivity contribution in [2.24, 2.45) is 0 Å². The third-order valence-corrected chi connectivity index (χ3v) is 7.76. The normalized spacial score (nSPS) is 14.6. The minimum Gasteiger partial charge on any atom is -0.454 e. The first kappa shape index (κ1) is 18.7. The highest BCUT2D eigenvalue weighted by molar-refractivity contribution is 7.21. The van der Waals surface area contributed by atoms with Crippen LogP contribution in [0.5, 0.6) is 11.5 Å². The summed E-state index contributed by atoms with van der Waals surface area (Å²) in [5, 5.41) is 5.97. The summed E-state index contributed by atoms with van der Waals surface area (Å²) in [6, 6.07) is 9.51. The summed E-state index contributed by atoms with van der Waals surface area (Å²) in [7, 11) is 0. The Morgan fingerprint density at radius 2 is 1.94 bits per heavy atom. The molecule has 0 atom stereocenters. The number of nitrogens with two attached hydrogens (primary N) is 1. The minimum absolute atomic E-state index is 0.194. The topological polar surface area (TPSA) is 86.5 Å². The molecule has 0 saturated heterocycles. The molecule has 1 amide bonds.